The minimum Gasteiger partial charge on any atom is -0.393 e. The van der Waals surface area contributed by atoms with Crippen molar-refractivity contribution in [3.63, 3.8) is 0 Å². The molecule has 1 N–H and O–H groups in total. The van der Waals surface area contributed by atoms with Gasteiger partial charge in [-0.3, -0.25) is 0 Å². The molecule has 4 rings (SSSR count). The molecule has 0 saturated heterocycles. The Morgan fingerprint density at radius 3 is 2.25 bits per heavy atom. The molecule has 4 aliphatic carbocycles. The van der Waals surface area contributed by atoms with E-state index in [4.69, 9.17) is 0 Å². The average molecular weight is 441 g/mol. The van der Waals surface area contributed by atoms with Crippen LogP contribution in [-0.2, 0) is 0 Å². The predicted octanol–water partition coefficient (Wildman–Crippen LogP) is 8.87. The smallest absolute Gasteiger partial charge is 0.0594 e. The molecule has 0 bridgehead atoms. The van der Waals surface area contributed by atoms with Crippen LogP contribution in [0.2, 0.25) is 0 Å². The Bertz CT molecular complexity index is 810. The Labute approximate surface area is 199 Å². The highest BCUT2D eigenvalue weighted by molar-refractivity contribution is 5.38. The fourth-order valence-electron chi connectivity index (χ4n) is 9.52. The molecule has 1 heteroatoms. The van der Waals surface area contributed by atoms with Gasteiger partial charge in [0.25, 0.3) is 0 Å². The molecule has 0 heterocycles. The Hall–Kier alpha value is -0.560. The number of allylic oxidation sites excluding steroid dienone is 4. The molecule has 32 heavy (non-hydrogen) atoms. The van der Waals surface area contributed by atoms with Gasteiger partial charge in [0.2, 0.25) is 0 Å². The van der Waals surface area contributed by atoms with E-state index in [1.807, 2.05) is 11.1 Å². The average Bonchev–Trinajstić information content (AvgIpc) is 3.00. The van der Waals surface area contributed by atoms with Gasteiger partial charge in [0, 0.05) is 0 Å². The van der Waals surface area contributed by atoms with Crippen molar-refractivity contribution in [1.29, 1.82) is 0 Å². The number of aliphatic hydroxyl groups excluding tert-OH is 1. The quantitative estimate of drug-likeness (QED) is 0.433. The van der Waals surface area contributed by atoms with E-state index in [2.05, 4.69) is 62.3 Å². The van der Waals surface area contributed by atoms with Crippen LogP contribution in [0.5, 0.6) is 0 Å². The van der Waals surface area contributed by atoms with Gasteiger partial charge in [-0.25, -0.2) is 0 Å². The zero-order valence-corrected chi connectivity index (χ0v) is 22.8. The molecule has 2 saturated carbocycles. The first-order chi connectivity index (χ1) is 14.8. The van der Waals surface area contributed by atoms with E-state index in [1.165, 1.54) is 63.4 Å². The van der Waals surface area contributed by atoms with Gasteiger partial charge in [-0.05, 0) is 124 Å². The summed E-state index contributed by atoms with van der Waals surface area (Å²) >= 11 is 0. The lowest BCUT2D eigenvalue weighted by molar-refractivity contribution is -0.0962. The summed E-state index contributed by atoms with van der Waals surface area (Å²) < 4.78 is 0. The van der Waals surface area contributed by atoms with Crippen LogP contribution in [0.25, 0.3) is 0 Å². The van der Waals surface area contributed by atoms with Crippen LogP contribution >= 0.6 is 0 Å². The maximum Gasteiger partial charge on any atom is 0.0594 e. The molecule has 1 nitrogen and oxygen atoms in total. The molecular weight excluding hydrogens is 388 g/mol. The molecule has 0 aromatic heterocycles. The molecule has 0 amide bonds. The molecule has 0 radical (unpaired) electrons. The molecule has 0 aromatic rings. The normalized spacial score (nSPS) is 43.9. The monoisotopic (exact) mass is 440 g/mol. The van der Waals surface area contributed by atoms with Gasteiger partial charge in [-0.2, -0.15) is 0 Å². The van der Waals surface area contributed by atoms with Gasteiger partial charge in [-0.1, -0.05) is 63.8 Å². The number of rotatable bonds is 4. The first-order valence-electron chi connectivity index (χ1n) is 13.8. The van der Waals surface area contributed by atoms with Crippen molar-refractivity contribution in [2.75, 3.05) is 0 Å². The fraction of sp³-hybridized carbons (Fsp3) is 0.871. The summed E-state index contributed by atoms with van der Waals surface area (Å²) in [5, 5.41) is 10.8. The standard InChI is InChI=1S/C31H52O/c1-20(2)21(3)10-11-22(4)23-14-18-31(9)25-12-13-26-28(5,6)27(32)16-17-29(26,7)24(25)15-19-30(23,31)8/h22-23,26-27,32H,10-19H2,1-9H3. The molecular formula is C31H52O. The second-order valence-electron chi connectivity index (χ2n) is 14.0. The summed E-state index contributed by atoms with van der Waals surface area (Å²) in [6.07, 6.45) is 12.7. The van der Waals surface area contributed by atoms with Gasteiger partial charge < -0.3 is 5.11 Å². The summed E-state index contributed by atoms with van der Waals surface area (Å²) in [7, 11) is 0. The number of hydrogen-bond acceptors (Lipinski definition) is 1. The fourth-order valence-corrected chi connectivity index (χ4v) is 9.52. The van der Waals surface area contributed by atoms with E-state index >= 15 is 0 Å². The predicted molar refractivity (Wildman–Crippen MR) is 137 cm³/mol. The number of fused-ring (bicyclic) bond motifs is 4. The zero-order valence-electron chi connectivity index (χ0n) is 22.8. The second kappa shape index (κ2) is 8.00. The zero-order chi connectivity index (χ0) is 23.7. The third-order valence-electron chi connectivity index (χ3n) is 12.3. The Morgan fingerprint density at radius 1 is 0.906 bits per heavy atom. The summed E-state index contributed by atoms with van der Waals surface area (Å²) in [6, 6.07) is 0. The highest BCUT2D eigenvalue weighted by Crippen LogP contribution is 2.72. The molecule has 0 aliphatic heterocycles. The lowest BCUT2D eigenvalue weighted by Gasteiger charge is -2.62. The first kappa shape index (κ1) is 24.6. The maximum absolute atomic E-state index is 10.8. The number of hydrogen-bond donors (Lipinski definition) is 1. The summed E-state index contributed by atoms with van der Waals surface area (Å²) in [5.74, 6) is 2.31. The van der Waals surface area contributed by atoms with E-state index in [-0.39, 0.29) is 11.5 Å². The first-order valence-corrected chi connectivity index (χ1v) is 13.8. The van der Waals surface area contributed by atoms with Gasteiger partial charge in [0.05, 0.1) is 6.10 Å². The van der Waals surface area contributed by atoms with Gasteiger partial charge in [0.15, 0.2) is 0 Å². The van der Waals surface area contributed by atoms with Crippen LogP contribution in [0.3, 0.4) is 0 Å². The largest absolute Gasteiger partial charge is 0.393 e. The van der Waals surface area contributed by atoms with Crippen LogP contribution in [0.1, 0.15) is 127 Å². The number of aliphatic hydroxyl groups is 1. The minimum absolute atomic E-state index is 0.0443. The molecule has 4 aliphatic rings. The lowest BCUT2D eigenvalue weighted by atomic mass is 9.43. The van der Waals surface area contributed by atoms with E-state index in [1.54, 1.807) is 5.57 Å². The van der Waals surface area contributed by atoms with Gasteiger partial charge in [0.1, 0.15) is 0 Å². The van der Waals surface area contributed by atoms with E-state index in [9.17, 15) is 5.11 Å². The second-order valence-corrected chi connectivity index (χ2v) is 14.0. The van der Waals surface area contributed by atoms with E-state index in [0.717, 1.165) is 18.3 Å². The van der Waals surface area contributed by atoms with Crippen LogP contribution in [-0.4, -0.2) is 11.2 Å². The Balaban J connectivity index is 1.64. The molecule has 0 aromatic carbocycles. The highest BCUT2D eigenvalue weighted by atomic mass is 16.3. The van der Waals surface area contributed by atoms with Crippen molar-refractivity contribution in [2.45, 2.75) is 133 Å². The van der Waals surface area contributed by atoms with E-state index in [0.29, 0.717) is 22.2 Å². The third kappa shape index (κ3) is 3.34. The van der Waals surface area contributed by atoms with Crippen molar-refractivity contribution in [1.82, 2.24) is 0 Å². The summed E-state index contributed by atoms with van der Waals surface area (Å²) in [5.41, 5.74) is 8.04. The summed E-state index contributed by atoms with van der Waals surface area (Å²) in [6.45, 7) is 22.1. The summed E-state index contributed by atoms with van der Waals surface area (Å²) in [4.78, 5) is 0. The minimum atomic E-state index is -0.131. The molecule has 182 valence electrons. The van der Waals surface area contributed by atoms with Crippen molar-refractivity contribution in [2.24, 2.45) is 39.4 Å². The van der Waals surface area contributed by atoms with Crippen LogP contribution in [0.4, 0.5) is 0 Å². The van der Waals surface area contributed by atoms with Crippen LogP contribution < -0.4 is 0 Å². The SMILES string of the molecule is CC(C)=C(C)CCC(C)C1CCC2(C)C3=C(CCC12C)C1(C)CCC(O)C(C)(C)C1CC3. The Morgan fingerprint density at radius 2 is 1.59 bits per heavy atom. The molecule has 2 fully saturated rings. The highest BCUT2D eigenvalue weighted by Gasteiger charge is 2.63. The maximum atomic E-state index is 10.8. The van der Waals surface area contributed by atoms with E-state index < -0.39 is 0 Å². The molecule has 7 atom stereocenters. The van der Waals surface area contributed by atoms with Gasteiger partial charge >= 0.3 is 0 Å². The lowest BCUT2D eigenvalue weighted by Crippen LogP contribution is -2.55. The van der Waals surface area contributed by atoms with Crippen molar-refractivity contribution in [3.05, 3.63) is 22.3 Å². The van der Waals surface area contributed by atoms with Crippen molar-refractivity contribution >= 4 is 0 Å². The van der Waals surface area contributed by atoms with Crippen molar-refractivity contribution in [3.8, 4) is 0 Å². The molecule has 7 unspecified atom stereocenters. The van der Waals surface area contributed by atoms with Gasteiger partial charge in [-0.15, -0.1) is 0 Å². The van der Waals surface area contributed by atoms with Crippen LogP contribution in [0.15, 0.2) is 22.3 Å². The topological polar surface area (TPSA) is 20.2 Å². The Kier molecular flexibility index (Phi) is 6.14. The third-order valence-corrected chi connectivity index (χ3v) is 12.3. The van der Waals surface area contributed by atoms with Crippen molar-refractivity contribution < 1.29 is 5.11 Å². The molecule has 0 spiro atoms. The van der Waals surface area contributed by atoms with Crippen LogP contribution in [0, 0.1) is 39.4 Å².